The van der Waals surface area contributed by atoms with Crippen LogP contribution < -0.4 is 10.2 Å². The minimum atomic E-state index is 0.947. The number of halogens is 1. The number of nitrogens with zero attached hydrogens (tertiary/aromatic N) is 1. The Balaban J connectivity index is 2.86. The van der Waals surface area contributed by atoms with Crippen molar-refractivity contribution in [1.82, 2.24) is 5.32 Å². The summed E-state index contributed by atoms with van der Waals surface area (Å²) >= 11 is 3.57. The average Bonchev–Trinajstić information content (AvgIpc) is 2.37. The predicted octanol–water partition coefficient (Wildman–Crippen LogP) is 4.19. The number of nitrogens with one attached hydrogen (secondary N) is 1. The summed E-state index contributed by atoms with van der Waals surface area (Å²) in [4.78, 5) is 2.45. The highest BCUT2D eigenvalue weighted by Crippen LogP contribution is 2.24. The zero-order valence-corrected chi connectivity index (χ0v) is 13.4. The van der Waals surface area contributed by atoms with Gasteiger partial charge in [0.1, 0.15) is 0 Å². The van der Waals surface area contributed by atoms with E-state index in [2.05, 4.69) is 65.1 Å². The molecular weight excluding hydrogens is 288 g/mol. The van der Waals surface area contributed by atoms with Gasteiger partial charge in [-0.3, -0.25) is 0 Å². The Hall–Kier alpha value is -0.540. The van der Waals surface area contributed by atoms with E-state index in [0.717, 1.165) is 30.7 Å². The van der Waals surface area contributed by atoms with Crippen LogP contribution in [0.3, 0.4) is 0 Å². The Labute approximate surface area is 120 Å². The quantitative estimate of drug-likeness (QED) is 0.724. The van der Waals surface area contributed by atoms with E-state index in [1.165, 1.54) is 24.1 Å². The molecule has 3 heteroatoms. The molecule has 0 fully saturated rings. The third-order valence-corrected chi connectivity index (χ3v) is 3.49. The average molecular weight is 313 g/mol. The molecule has 0 atom stereocenters. The largest absolute Gasteiger partial charge is 0.372 e. The molecule has 0 bridgehead atoms. The summed E-state index contributed by atoms with van der Waals surface area (Å²) in [5, 5.41) is 3.49. The summed E-state index contributed by atoms with van der Waals surface area (Å²) in [6.07, 6.45) is 2.36. The van der Waals surface area contributed by atoms with Crippen LogP contribution in [0.1, 0.15) is 39.2 Å². The lowest BCUT2D eigenvalue weighted by molar-refractivity contribution is 0.671. The van der Waals surface area contributed by atoms with Crippen LogP contribution in [0.5, 0.6) is 0 Å². The van der Waals surface area contributed by atoms with Crippen LogP contribution >= 0.6 is 15.9 Å². The van der Waals surface area contributed by atoms with Crippen LogP contribution in [-0.2, 0) is 6.54 Å². The third kappa shape index (κ3) is 4.62. The van der Waals surface area contributed by atoms with E-state index in [1.807, 2.05) is 0 Å². The molecule has 0 saturated carbocycles. The van der Waals surface area contributed by atoms with Crippen molar-refractivity contribution in [2.75, 3.05) is 24.5 Å². The van der Waals surface area contributed by atoms with Gasteiger partial charge in [-0.2, -0.15) is 0 Å². The van der Waals surface area contributed by atoms with Gasteiger partial charge in [0.25, 0.3) is 0 Å². The van der Waals surface area contributed by atoms with Crippen molar-refractivity contribution in [3.63, 3.8) is 0 Å². The normalized spacial score (nSPS) is 10.7. The molecule has 1 N–H and O–H groups in total. The van der Waals surface area contributed by atoms with E-state index in [-0.39, 0.29) is 0 Å². The highest BCUT2D eigenvalue weighted by molar-refractivity contribution is 9.10. The zero-order valence-electron chi connectivity index (χ0n) is 11.8. The molecule has 0 aliphatic carbocycles. The van der Waals surface area contributed by atoms with Gasteiger partial charge in [0.15, 0.2) is 0 Å². The monoisotopic (exact) mass is 312 g/mol. The molecule has 0 unspecified atom stereocenters. The topological polar surface area (TPSA) is 15.3 Å². The predicted molar refractivity (Wildman–Crippen MR) is 84.3 cm³/mol. The SMILES string of the molecule is CCCNCc1cc(Br)ccc1N(CC)CCC. The van der Waals surface area contributed by atoms with E-state index in [1.54, 1.807) is 0 Å². The summed E-state index contributed by atoms with van der Waals surface area (Å²) in [6, 6.07) is 6.60. The first-order valence-corrected chi connectivity index (χ1v) is 7.76. The highest BCUT2D eigenvalue weighted by atomic mass is 79.9. The van der Waals surface area contributed by atoms with Crippen molar-refractivity contribution < 1.29 is 0 Å². The number of hydrogen-bond acceptors (Lipinski definition) is 2. The molecule has 0 aliphatic rings. The second kappa shape index (κ2) is 8.54. The summed E-state index contributed by atoms with van der Waals surface area (Å²) in [7, 11) is 0. The molecule has 102 valence electrons. The first-order valence-electron chi connectivity index (χ1n) is 6.97. The van der Waals surface area contributed by atoms with Gasteiger partial charge in [0.05, 0.1) is 0 Å². The number of anilines is 1. The van der Waals surface area contributed by atoms with E-state index in [0.29, 0.717) is 0 Å². The number of rotatable bonds is 8. The molecule has 1 aromatic carbocycles. The van der Waals surface area contributed by atoms with Crippen LogP contribution in [0.4, 0.5) is 5.69 Å². The van der Waals surface area contributed by atoms with Crippen molar-refractivity contribution in [2.45, 2.75) is 40.2 Å². The summed E-state index contributed by atoms with van der Waals surface area (Å²) in [6.45, 7) is 10.9. The molecule has 0 amide bonds. The smallest absolute Gasteiger partial charge is 0.0412 e. The van der Waals surface area contributed by atoms with Gasteiger partial charge in [-0.15, -0.1) is 0 Å². The molecule has 2 nitrogen and oxygen atoms in total. The van der Waals surface area contributed by atoms with Crippen molar-refractivity contribution in [3.05, 3.63) is 28.2 Å². The Kier molecular flexibility index (Phi) is 7.36. The number of hydrogen-bond donors (Lipinski definition) is 1. The van der Waals surface area contributed by atoms with Crippen LogP contribution in [-0.4, -0.2) is 19.6 Å². The van der Waals surface area contributed by atoms with Crippen LogP contribution in [0, 0.1) is 0 Å². The molecule has 1 aromatic rings. The fourth-order valence-electron chi connectivity index (χ4n) is 2.12. The lowest BCUT2D eigenvalue weighted by Crippen LogP contribution is -2.26. The zero-order chi connectivity index (χ0) is 13.4. The van der Waals surface area contributed by atoms with Gasteiger partial charge in [0.2, 0.25) is 0 Å². The molecule has 0 aliphatic heterocycles. The van der Waals surface area contributed by atoms with E-state index in [4.69, 9.17) is 0 Å². The van der Waals surface area contributed by atoms with Gasteiger partial charge in [-0.05, 0) is 50.1 Å². The maximum atomic E-state index is 3.57. The fourth-order valence-corrected chi connectivity index (χ4v) is 2.53. The van der Waals surface area contributed by atoms with Crippen molar-refractivity contribution >= 4 is 21.6 Å². The lowest BCUT2D eigenvalue weighted by Gasteiger charge is -2.25. The summed E-state index contributed by atoms with van der Waals surface area (Å²) in [5.74, 6) is 0. The Bertz CT molecular complexity index is 352. The first kappa shape index (κ1) is 15.5. The lowest BCUT2D eigenvalue weighted by atomic mass is 10.1. The minimum Gasteiger partial charge on any atom is -0.372 e. The summed E-state index contributed by atoms with van der Waals surface area (Å²) < 4.78 is 1.16. The van der Waals surface area contributed by atoms with Gasteiger partial charge in [-0.25, -0.2) is 0 Å². The molecule has 0 heterocycles. The minimum absolute atomic E-state index is 0.947. The molecule has 0 radical (unpaired) electrons. The highest BCUT2D eigenvalue weighted by Gasteiger charge is 2.09. The van der Waals surface area contributed by atoms with Crippen LogP contribution in [0.2, 0.25) is 0 Å². The van der Waals surface area contributed by atoms with Gasteiger partial charge in [0, 0.05) is 29.8 Å². The second-order valence-corrected chi connectivity index (χ2v) is 5.45. The van der Waals surface area contributed by atoms with Crippen molar-refractivity contribution in [3.8, 4) is 0 Å². The van der Waals surface area contributed by atoms with Crippen LogP contribution in [0.15, 0.2) is 22.7 Å². The van der Waals surface area contributed by atoms with E-state index >= 15 is 0 Å². The number of benzene rings is 1. The van der Waals surface area contributed by atoms with Crippen molar-refractivity contribution in [1.29, 1.82) is 0 Å². The molecular formula is C15H25BrN2. The molecule has 18 heavy (non-hydrogen) atoms. The molecule has 0 aromatic heterocycles. The van der Waals surface area contributed by atoms with Crippen LogP contribution in [0.25, 0.3) is 0 Å². The first-order chi connectivity index (χ1) is 8.72. The molecule has 0 spiro atoms. The van der Waals surface area contributed by atoms with Gasteiger partial charge >= 0.3 is 0 Å². The van der Waals surface area contributed by atoms with Gasteiger partial charge in [-0.1, -0.05) is 29.8 Å². The third-order valence-electron chi connectivity index (χ3n) is 3.00. The maximum Gasteiger partial charge on any atom is 0.0412 e. The van der Waals surface area contributed by atoms with Gasteiger partial charge < -0.3 is 10.2 Å². The Morgan fingerprint density at radius 2 is 1.94 bits per heavy atom. The Morgan fingerprint density at radius 3 is 2.56 bits per heavy atom. The van der Waals surface area contributed by atoms with Crippen molar-refractivity contribution in [2.24, 2.45) is 0 Å². The fraction of sp³-hybridized carbons (Fsp3) is 0.600. The molecule has 0 saturated heterocycles. The Morgan fingerprint density at radius 1 is 1.17 bits per heavy atom. The summed E-state index contributed by atoms with van der Waals surface area (Å²) in [5.41, 5.74) is 2.75. The van der Waals surface area contributed by atoms with E-state index < -0.39 is 0 Å². The standard InChI is InChI=1S/C15H25BrN2/c1-4-9-17-12-13-11-14(16)7-8-15(13)18(6-3)10-5-2/h7-8,11,17H,4-6,9-10,12H2,1-3H3. The molecule has 1 rings (SSSR count). The second-order valence-electron chi connectivity index (χ2n) is 4.53. The maximum absolute atomic E-state index is 3.57. The van der Waals surface area contributed by atoms with E-state index in [9.17, 15) is 0 Å².